The highest BCUT2D eigenvalue weighted by molar-refractivity contribution is 5.99. The largest absolute Gasteiger partial charge is 0.352 e. The minimum Gasteiger partial charge on any atom is -0.352 e. The van der Waals surface area contributed by atoms with E-state index in [-0.39, 0.29) is 11.8 Å². The van der Waals surface area contributed by atoms with Crippen molar-refractivity contribution in [1.29, 1.82) is 0 Å². The average Bonchev–Trinajstić information content (AvgIpc) is 2.59. The molecule has 0 saturated heterocycles. The molecule has 0 aromatic heterocycles. The van der Waals surface area contributed by atoms with E-state index in [0.29, 0.717) is 30.1 Å². The van der Waals surface area contributed by atoms with E-state index in [0.717, 1.165) is 5.56 Å². The number of aryl methyl sites for hydroxylation is 1. The molecule has 0 radical (unpaired) electrons. The number of carbonyl (C=O) groups excluding carboxylic acids is 2. The van der Waals surface area contributed by atoms with Gasteiger partial charge in [-0.3, -0.25) is 9.59 Å². The van der Waals surface area contributed by atoms with Crippen LogP contribution in [0, 0.1) is 12.8 Å². The molecule has 0 fully saturated rings. The molecule has 2 amide bonds. The van der Waals surface area contributed by atoms with Gasteiger partial charge in [0.2, 0.25) is 0 Å². The molecule has 4 heteroatoms. The Morgan fingerprint density at radius 3 is 2.08 bits per heavy atom. The molecule has 2 aromatic carbocycles. The summed E-state index contributed by atoms with van der Waals surface area (Å²) < 4.78 is 0. The van der Waals surface area contributed by atoms with Crippen molar-refractivity contribution >= 4 is 11.8 Å². The van der Waals surface area contributed by atoms with Crippen molar-refractivity contribution in [3.63, 3.8) is 0 Å². The molecule has 24 heavy (non-hydrogen) atoms. The Balaban J connectivity index is 1.98. The summed E-state index contributed by atoms with van der Waals surface area (Å²) in [5.74, 6) is 0.0425. The molecule has 4 nitrogen and oxygen atoms in total. The summed E-state index contributed by atoms with van der Waals surface area (Å²) in [6.07, 6.45) is 0. The second kappa shape index (κ2) is 8.29. The maximum Gasteiger partial charge on any atom is 0.251 e. The fourth-order valence-electron chi connectivity index (χ4n) is 2.19. The van der Waals surface area contributed by atoms with Crippen molar-refractivity contribution in [2.45, 2.75) is 27.3 Å². The van der Waals surface area contributed by atoms with Crippen molar-refractivity contribution in [2.75, 3.05) is 6.54 Å². The third kappa shape index (κ3) is 5.23. The van der Waals surface area contributed by atoms with Gasteiger partial charge in [-0.25, -0.2) is 0 Å². The summed E-state index contributed by atoms with van der Waals surface area (Å²) in [4.78, 5) is 24.4. The smallest absolute Gasteiger partial charge is 0.251 e. The van der Waals surface area contributed by atoms with Crippen LogP contribution in [-0.4, -0.2) is 18.4 Å². The summed E-state index contributed by atoms with van der Waals surface area (Å²) in [5, 5.41) is 5.74. The highest BCUT2D eigenvalue weighted by Crippen LogP contribution is 2.07. The van der Waals surface area contributed by atoms with Crippen molar-refractivity contribution < 1.29 is 9.59 Å². The lowest BCUT2D eigenvalue weighted by molar-refractivity contribution is 0.0949. The maximum absolute atomic E-state index is 12.3. The van der Waals surface area contributed by atoms with E-state index in [2.05, 4.69) is 10.6 Å². The fourth-order valence-corrected chi connectivity index (χ4v) is 2.19. The van der Waals surface area contributed by atoms with Crippen molar-refractivity contribution in [3.05, 3.63) is 70.8 Å². The molecule has 2 N–H and O–H groups in total. The van der Waals surface area contributed by atoms with E-state index in [1.165, 1.54) is 5.56 Å². The zero-order chi connectivity index (χ0) is 17.5. The molecule has 0 aliphatic carbocycles. The van der Waals surface area contributed by atoms with Gasteiger partial charge in [0.05, 0.1) is 0 Å². The molecular weight excluding hydrogens is 300 g/mol. The third-order valence-corrected chi connectivity index (χ3v) is 3.63. The monoisotopic (exact) mass is 324 g/mol. The topological polar surface area (TPSA) is 58.2 Å². The zero-order valence-corrected chi connectivity index (χ0v) is 14.4. The highest BCUT2D eigenvalue weighted by atomic mass is 16.2. The predicted octanol–water partition coefficient (Wildman–Crippen LogP) is 3.31. The van der Waals surface area contributed by atoms with Gasteiger partial charge in [-0.15, -0.1) is 0 Å². The van der Waals surface area contributed by atoms with Gasteiger partial charge in [-0.05, 0) is 36.6 Å². The SMILES string of the molecule is Cc1ccc(CNC(=O)c2cccc(C(=O)NCC(C)C)c2)cc1. The maximum atomic E-state index is 12.3. The molecule has 2 aromatic rings. The first kappa shape index (κ1) is 17.7. The Labute approximate surface area is 143 Å². The molecule has 126 valence electrons. The standard InChI is InChI=1S/C20H24N2O2/c1-14(2)12-21-19(23)17-5-4-6-18(11-17)20(24)22-13-16-9-7-15(3)8-10-16/h4-11,14H,12-13H2,1-3H3,(H,21,23)(H,22,24). The summed E-state index contributed by atoms with van der Waals surface area (Å²) in [7, 11) is 0. The Kier molecular flexibility index (Phi) is 6.13. The molecule has 0 aliphatic rings. The number of hydrogen-bond acceptors (Lipinski definition) is 2. The van der Waals surface area contributed by atoms with Crippen LogP contribution in [0.4, 0.5) is 0 Å². The van der Waals surface area contributed by atoms with E-state index >= 15 is 0 Å². The van der Waals surface area contributed by atoms with Crippen LogP contribution < -0.4 is 10.6 Å². The van der Waals surface area contributed by atoms with Gasteiger partial charge in [0.25, 0.3) is 11.8 Å². The Hall–Kier alpha value is -2.62. The first-order chi connectivity index (χ1) is 11.5. The van der Waals surface area contributed by atoms with E-state index in [1.807, 2.05) is 45.0 Å². The van der Waals surface area contributed by atoms with Crippen LogP contribution in [0.25, 0.3) is 0 Å². The summed E-state index contributed by atoms with van der Waals surface area (Å²) in [6, 6.07) is 14.8. The van der Waals surface area contributed by atoms with Crippen molar-refractivity contribution in [2.24, 2.45) is 5.92 Å². The summed E-state index contributed by atoms with van der Waals surface area (Å²) in [5.41, 5.74) is 3.21. The average molecular weight is 324 g/mol. The molecule has 0 aliphatic heterocycles. The minimum atomic E-state index is -0.186. The molecule has 0 saturated carbocycles. The molecule has 0 spiro atoms. The quantitative estimate of drug-likeness (QED) is 0.856. The first-order valence-electron chi connectivity index (χ1n) is 8.17. The summed E-state index contributed by atoms with van der Waals surface area (Å²) in [6.45, 7) is 7.17. The van der Waals surface area contributed by atoms with Gasteiger partial charge in [0.1, 0.15) is 0 Å². The minimum absolute atomic E-state index is 0.156. The number of carbonyl (C=O) groups is 2. The van der Waals surface area contributed by atoms with Crippen molar-refractivity contribution in [1.82, 2.24) is 10.6 Å². The molecule has 0 heterocycles. The van der Waals surface area contributed by atoms with E-state index in [1.54, 1.807) is 24.3 Å². The predicted molar refractivity (Wildman–Crippen MR) is 96.0 cm³/mol. The van der Waals surface area contributed by atoms with Crippen LogP contribution in [0.2, 0.25) is 0 Å². The number of hydrogen-bond donors (Lipinski definition) is 2. The van der Waals surface area contributed by atoms with E-state index in [9.17, 15) is 9.59 Å². The van der Waals surface area contributed by atoms with Crippen LogP contribution in [0.15, 0.2) is 48.5 Å². The Morgan fingerprint density at radius 1 is 0.917 bits per heavy atom. The molecular formula is C20H24N2O2. The van der Waals surface area contributed by atoms with Crippen LogP contribution in [0.5, 0.6) is 0 Å². The van der Waals surface area contributed by atoms with Gasteiger partial charge < -0.3 is 10.6 Å². The van der Waals surface area contributed by atoms with Gasteiger partial charge in [-0.1, -0.05) is 49.7 Å². The molecule has 2 rings (SSSR count). The lowest BCUT2D eigenvalue weighted by Crippen LogP contribution is -2.28. The molecule has 0 unspecified atom stereocenters. The van der Waals surface area contributed by atoms with Crippen molar-refractivity contribution in [3.8, 4) is 0 Å². The number of nitrogens with one attached hydrogen (secondary N) is 2. The highest BCUT2D eigenvalue weighted by Gasteiger charge is 2.10. The second-order valence-electron chi connectivity index (χ2n) is 6.35. The van der Waals surface area contributed by atoms with Crippen LogP contribution >= 0.6 is 0 Å². The van der Waals surface area contributed by atoms with Gasteiger partial charge >= 0.3 is 0 Å². The second-order valence-corrected chi connectivity index (χ2v) is 6.35. The first-order valence-corrected chi connectivity index (χ1v) is 8.17. The third-order valence-electron chi connectivity index (χ3n) is 3.63. The zero-order valence-electron chi connectivity index (χ0n) is 14.4. The number of rotatable bonds is 6. The molecule has 0 bridgehead atoms. The normalized spacial score (nSPS) is 10.5. The summed E-state index contributed by atoms with van der Waals surface area (Å²) >= 11 is 0. The lowest BCUT2D eigenvalue weighted by atomic mass is 10.1. The fraction of sp³-hybridized carbons (Fsp3) is 0.300. The number of amides is 2. The van der Waals surface area contributed by atoms with Crippen LogP contribution in [0.3, 0.4) is 0 Å². The van der Waals surface area contributed by atoms with Gasteiger partial charge in [0, 0.05) is 24.2 Å². The molecule has 0 atom stereocenters. The van der Waals surface area contributed by atoms with E-state index < -0.39 is 0 Å². The number of benzene rings is 2. The van der Waals surface area contributed by atoms with Crippen LogP contribution in [0.1, 0.15) is 45.7 Å². The van der Waals surface area contributed by atoms with Gasteiger partial charge in [-0.2, -0.15) is 0 Å². The van der Waals surface area contributed by atoms with Crippen LogP contribution in [-0.2, 0) is 6.54 Å². The lowest BCUT2D eigenvalue weighted by Gasteiger charge is -2.09. The van der Waals surface area contributed by atoms with Gasteiger partial charge in [0.15, 0.2) is 0 Å². The van der Waals surface area contributed by atoms with E-state index in [4.69, 9.17) is 0 Å². The Bertz CT molecular complexity index is 706. The Morgan fingerprint density at radius 2 is 1.50 bits per heavy atom.